The number of pyridine rings is 1. The number of hydrogen-bond donors (Lipinski definition) is 0. The number of aromatic nitrogens is 3. The van der Waals surface area contributed by atoms with Crippen molar-refractivity contribution in [3.63, 3.8) is 0 Å². The summed E-state index contributed by atoms with van der Waals surface area (Å²) in [6.07, 6.45) is -3.54. The summed E-state index contributed by atoms with van der Waals surface area (Å²) in [4.78, 5) is 25.7. The summed E-state index contributed by atoms with van der Waals surface area (Å²) in [6.45, 7) is 0.116. The SMILES string of the molecule is O=C1c2ccccc2C(=O)N1CCSc1nnc2ccc(C(F)(F)F)cn12. The van der Waals surface area contributed by atoms with Crippen molar-refractivity contribution in [1.29, 1.82) is 0 Å². The van der Waals surface area contributed by atoms with E-state index in [-0.39, 0.29) is 34.9 Å². The first-order valence-electron chi connectivity index (χ1n) is 7.86. The first-order chi connectivity index (χ1) is 12.9. The molecule has 0 N–H and O–H groups in total. The van der Waals surface area contributed by atoms with Gasteiger partial charge in [-0.3, -0.25) is 18.9 Å². The lowest BCUT2D eigenvalue weighted by molar-refractivity contribution is -0.137. The van der Waals surface area contributed by atoms with Gasteiger partial charge in [-0.15, -0.1) is 10.2 Å². The fourth-order valence-electron chi connectivity index (χ4n) is 2.81. The second kappa shape index (κ2) is 6.38. The van der Waals surface area contributed by atoms with Crippen LogP contribution in [0.4, 0.5) is 13.2 Å². The van der Waals surface area contributed by atoms with E-state index in [1.165, 1.54) is 10.5 Å². The number of fused-ring (bicyclic) bond motifs is 2. The number of thioether (sulfide) groups is 1. The molecule has 1 aliphatic rings. The van der Waals surface area contributed by atoms with Crippen molar-refractivity contribution in [1.82, 2.24) is 19.5 Å². The first-order valence-corrected chi connectivity index (χ1v) is 8.85. The zero-order valence-electron chi connectivity index (χ0n) is 13.6. The van der Waals surface area contributed by atoms with Gasteiger partial charge in [0.05, 0.1) is 16.7 Å². The largest absolute Gasteiger partial charge is 0.417 e. The van der Waals surface area contributed by atoms with E-state index >= 15 is 0 Å². The zero-order chi connectivity index (χ0) is 19.2. The van der Waals surface area contributed by atoms with Gasteiger partial charge < -0.3 is 0 Å². The number of imide groups is 1. The fourth-order valence-corrected chi connectivity index (χ4v) is 3.65. The Labute approximate surface area is 155 Å². The average molecular weight is 392 g/mol. The molecule has 3 aromatic rings. The van der Waals surface area contributed by atoms with Crippen molar-refractivity contribution in [2.45, 2.75) is 11.3 Å². The van der Waals surface area contributed by atoms with Crippen molar-refractivity contribution in [3.05, 3.63) is 59.3 Å². The molecule has 0 radical (unpaired) electrons. The van der Waals surface area contributed by atoms with Crippen LogP contribution in [0, 0.1) is 0 Å². The third-order valence-corrected chi connectivity index (χ3v) is 5.05. The molecule has 27 heavy (non-hydrogen) atoms. The van der Waals surface area contributed by atoms with E-state index in [0.717, 1.165) is 28.9 Å². The van der Waals surface area contributed by atoms with Crippen LogP contribution in [0.25, 0.3) is 5.65 Å². The second-order valence-corrected chi connectivity index (χ2v) is 6.84. The van der Waals surface area contributed by atoms with Gasteiger partial charge in [0.2, 0.25) is 0 Å². The molecule has 1 aromatic carbocycles. The Morgan fingerprint density at radius 1 is 0.963 bits per heavy atom. The molecule has 4 rings (SSSR count). The summed E-state index contributed by atoms with van der Waals surface area (Å²) in [5.74, 6) is -0.467. The monoisotopic (exact) mass is 392 g/mol. The summed E-state index contributed by atoms with van der Waals surface area (Å²) in [7, 11) is 0. The maximum absolute atomic E-state index is 12.9. The van der Waals surface area contributed by atoms with Gasteiger partial charge in [0.1, 0.15) is 0 Å². The number of rotatable bonds is 4. The minimum absolute atomic E-state index is 0.116. The lowest BCUT2D eigenvalue weighted by Crippen LogP contribution is -2.31. The fraction of sp³-hybridized carbons (Fsp3) is 0.176. The predicted molar refractivity (Wildman–Crippen MR) is 90.5 cm³/mol. The molecule has 0 fully saturated rings. The lowest BCUT2D eigenvalue weighted by Gasteiger charge is -2.13. The van der Waals surface area contributed by atoms with Gasteiger partial charge in [-0.2, -0.15) is 13.2 Å². The van der Waals surface area contributed by atoms with E-state index in [2.05, 4.69) is 10.2 Å². The first kappa shape index (κ1) is 17.5. The van der Waals surface area contributed by atoms with Gasteiger partial charge in [-0.1, -0.05) is 23.9 Å². The molecule has 0 aliphatic carbocycles. The molecule has 0 atom stereocenters. The van der Waals surface area contributed by atoms with Crippen molar-refractivity contribution in [2.75, 3.05) is 12.3 Å². The molecule has 0 saturated heterocycles. The number of alkyl halides is 3. The van der Waals surface area contributed by atoms with Crippen LogP contribution in [-0.2, 0) is 6.18 Å². The minimum atomic E-state index is -4.47. The minimum Gasteiger partial charge on any atom is -0.277 e. The molecule has 138 valence electrons. The smallest absolute Gasteiger partial charge is 0.277 e. The van der Waals surface area contributed by atoms with E-state index in [1.807, 2.05) is 0 Å². The van der Waals surface area contributed by atoms with Crippen LogP contribution in [-0.4, -0.2) is 43.6 Å². The summed E-state index contributed by atoms with van der Waals surface area (Å²) < 4.78 is 39.9. The number of halogens is 3. The number of hydrogen-bond acceptors (Lipinski definition) is 5. The summed E-state index contributed by atoms with van der Waals surface area (Å²) in [5.41, 5.74) is 0.189. The van der Waals surface area contributed by atoms with E-state index in [9.17, 15) is 22.8 Å². The number of amides is 2. The Kier molecular flexibility index (Phi) is 4.14. The molecule has 2 aromatic heterocycles. The maximum Gasteiger partial charge on any atom is 0.417 e. The lowest BCUT2D eigenvalue weighted by atomic mass is 10.1. The van der Waals surface area contributed by atoms with Crippen molar-refractivity contribution < 1.29 is 22.8 Å². The number of carbonyl (C=O) groups is 2. The molecular weight excluding hydrogens is 381 g/mol. The molecule has 2 amide bonds. The number of carbonyl (C=O) groups excluding carboxylic acids is 2. The van der Waals surface area contributed by atoms with Crippen LogP contribution in [0.5, 0.6) is 0 Å². The van der Waals surface area contributed by atoms with Crippen LogP contribution >= 0.6 is 11.8 Å². The van der Waals surface area contributed by atoms with Crippen molar-refractivity contribution >= 4 is 29.2 Å². The van der Waals surface area contributed by atoms with Gasteiger partial charge in [0.25, 0.3) is 11.8 Å². The van der Waals surface area contributed by atoms with Crippen LogP contribution < -0.4 is 0 Å². The molecule has 0 bridgehead atoms. The van der Waals surface area contributed by atoms with Crippen molar-refractivity contribution in [2.24, 2.45) is 0 Å². The zero-order valence-corrected chi connectivity index (χ0v) is 14.4. The summed E-state index contributed by atoms with van der Waals surface area (Å²) in [5, 5.41) is 7.97. The van der Waals surface area contributed by atoms with E-state index in [0.29, 0.717) is 11.1 Å². The third kappa shape index (κ3) is 3.05. The van der Waals surface area contributed by atoms with E-state index in [1.54, 1.807) is 24.3 Å². The van der Waals surface area contributed by atoms with Crippen LogP contribution in [0.2, 0.25) is 0 Å². The van der Waals surface area contributed by atoms with Crippen LogP contribution in [0.1, 0.15) is 26.3 Å². The third-order valence-electron chi connectivity index (χ3n) is 4.12. The highest BCUT2D eigenvalue weighted by Gasteiger charge is 2.35. The number of nitrogens with zero attached hydrogens (tertiary/aromatic N) is 4. The predicted octanol–water partition coefficient (Wildman–Crippen LogP) is 3.14. The van der Waals surface area contributed by atoms with E-state index in [4.69, 9.17) is 0 Å². The summed E-state index contributed by atoms with van der Waals surface area (Å²) >= 11 is 1.12. The highest BCUT2D eigenvalue weighted by atomic mass is 32.2. The normalized spacial score (nSPS) is 14.3. The maximum atomic E-state index is 12.9. The standard InChI is InChI=1S/C17H11F3N4O2S/c18-17(19,20)10-5-6-13-21-22-16(24(13)9-10)27-8-7-23-14(25)11-3-1-2-4-12(11)15(23)26/h1-6,9H,7-8H2. The molecular formula is C17H11F3N4O2S. The molecule has 6 nitrogen and oxygen atoms in total. The Morgan fingerprint density at radius 3 is 2.26 bits per heavy atom. The Balaban J connectivity index is 1.49. The van der Waals surface area contributed by atoms with Gasteiger partial charge >= 0.3 is 6.18 Å². The van der Waals surface area contributed by atoms with Gasteiger partial charge in [0, 0.05) is 18.5 Å². The Morgan fingerprint density at radius 2 is 1.63 bits per heavy atom. The quantitative estimate of drug-likeness (QED) is 0.504. The van der Waals surface area contributed by atoms with Crippen molar-refractivity contribution in [3.8, 4) is 0 Å². The molecule has 0 unspecified atom stereocenters. The van der Waals surface area contributed by atoms with Crippen LogP contribution in [0.15, 0.2) is 47.8 Å². The average Bonchev–Trinajstić information content (AvgIpc) is 3.15. The summed E-state index contributed by atoms with van der Waals surface area (Å²) in [6, 6.07) is 8.73. The highest BCUT2D eigenvalue weighted by Crippen LogP contribution is 2.30. The number of benzene rings is 1. The van der Waals surface area contributed by atoms with Gasteiger partial charge in [-0.05, 0) is 24.3 Å². The van der Waals surface area contributed by atoms with Gasteiger partial charge in [0.15, 0.2) is 10.8 Å². The van der Waals surface area contributed by atoms with Gasteiger partial charge in [-0.25, -0.2) is 0 Å². The Hall–Kier alpha value is -2.88. The molecule has 10 heteroatoms. The molecule has 0 saturated carbocycles. The molecule has 3 heterocycles. The second-order valence-electron chi connectivity index (χ2n) is 5.78. The molecule has 1 aliphatic heterocycles. The topological polar surface area (TPSA) is 67.6 Å². The molecule has 0 spiro atoms. The Bertz CT molecular complexity index is 1030. The highest BCUT2D eigenvalue weighted by molar-refractivity contribution is 7.99. The van der Waals surface area contributed by atoms with Crippen LogP contribution in [0.3, 0.4) is 0 Å². The van der Waals surface area contributed by atoms with E-state index < -0.39 is 11.7 Å².